The summed E-state index contributed by atoms with van der Waals surface area (Å²) in [7, 11) is 0. The van der Waals surface area contributed by atoms with E-state index in [1.165, 1.54) is 0 Å². The van der Waals surface area contributed by atoms with Gasteiger partial charge in [0.15, 0.2) is 0 Å². The summed E-state index contributed by atoms with van der Waals surface area (Å²) in [5.41, 5.74) is 5.41. The van der Waals surface area contributed by atoms with Gasteiger partial charge in [0, 0.05) is 26.2 Å². The molecular formula is C8H18N4O6. The molecule has 0 fully saturated rings. The summed E-state index contributed by atoms with van der Waals surface area (Å²) in [4.78, 5) is 30.1. The second-order valence-corrected chi connectivity index (χ2v) is 3.45. The molecule has 10 nitrogen and oxygen atoms in total. The van der Waals surface area contributed by atoms with Crippen molar-refractivity contribution in [2.45, 2.75) is 12.8 Å². The molecule has 2 N–H and O–H groups in total. The van der Waals surface area contributed by atoms with Gasteiger partial charge in [-0.2, -0.15) is 0 Å². The van der Waals surface area contributed by atoms with E-state index in [-0.39, 0.29) is 13.2 Å². The standard InChI is InChI=1S/C8H18N4O6/c9-3-6-10(4-1-7-17-11(13)14)5-2-8-18-12(15)16/h1-9H2. The Morgan fingerprint density at radius 3 is 1.72 bits per heavy atom. The fourth-order valence-electron chi connectivity index (χ4n) is 1.37. The number of rotatable bonds is 12. The Balaban J connectivity index is 3.64. The van der Waals surface area contributed by atoms with Crippen LogP contribution in [0.4, 0.5) is 0 Å². The van der Waals surface area contributed by atoms with E-state index in [2.05, 4.69) is 9.68 Å². The second-order valence-electron chi connectivity index (χ2n) is 3.45. The van der Waals surface area contributed by atoms with Crippen molar-refractivity contribution in [2.75, 3.05) is 39.4 Å². The predicted molar refractivity (Wildman–Crippen MR) is 60.6 cm³/mol. The topological polar surface area (TPSA) is 134 Å². The molecule has 0 spiro atoms. The Kier molecular flexibility index (Phi) is 9.50. The Bertz CT molecular complexity index is 230. The fourth-order valence-corrected chi connectivity index (χ4v) is 1.37. The van der Waals surface area contributed by atoms with Gasteiger partial charge in [0.2, 0.25) is 0 Å². The smallest absolute Gasteiger partial charge is 0.294 e. The van der Waals surface area contributed by atoms with Crippen molar-refractivity contribution in [3.05, 3.63) is 20.2 Å². The summed E-state index contributed by atoms with van der Waals surface area (Å²) >= 11 is 0. The first-order valence-electron chi connectivity index (χ1n) is 5.53. The molecule has 0 saturated carbocycles. The van der Waals surface area contributed by atoms with Crippen LogP contribution in [0.2, 0.25) is 0 Å². The van der Waals surface area contributed by atoms with Crippen molar-refractivity contribution in [3.63, 3.8) is 0 Å². The van der Waals surface area contributed by atoms with Crippen molar-refractivity contribution in [3.8, 4) is 0 Å². The number of hydrogen-bond acceptors (Lipinski definition) is 8. The molecule has 0 amide bonds. The summed E-state index contributed by atoms with van der Waals surface area (Å²) in [6.45, 7) is 2.30. The highest BCUT2D eigenvalue weighted by atomic mass is 17.0. The SMILES string of the molecule is NCCN(CCCO[N+](=O)[O-])CCCO[N+](=O)[O-]. The molecular weight excluding hydrogens is 248 g/mol. The average molecular weight is 266 g/mol. The molecule has 0 aromatic rings. The fraction of sp³-hybridized carbons (Fsp3) is 1.00. The van der Waals surface area contributed by atoms with Gasteiger partial charge in [-0.15, -0.1) is 20.2 Å². The highest BCUT2D eigenvalue weighted by Crippen LogP contribution is 1.95. The molecule has 10 heteroatoms. The molecule has 18 heavy (non-hydrogen) atoms. The molecule has 0 rings (SSSR count). The Hall–Kier alpha value is -1.68. The van der Waals surface area contributed by atoms with E-state index in [9.17, 15) is 20.2 Å². The lowest BCUT2D eigenvalue weighted by molar-refractivity contribution is -0.758. The summed E-state index contributed by atoms with van der Waals surface area (Å²) in [5, 5.41) is 18.2. The average Bonchev–Trinajstić information content (AvgIpc) is 2.29. The van der Waals surface area contributed by atoms with E-state index in [0.717, 1.165) is 0 Å². The Labute approximate surface area is 104 Å². The summed E-state index contributed by atoms with van der Waals surface area (Å²) < 4.78 is 0. The molecule has 106 valence electrons. The molecule has 0 heterocycles. The number of hydrogen-bond donors (Lipinski definition) is 1. The highest BCUT2D eigenvalue weighted by Gasteiger charge is 2.05. The van der Waals surface area contributed by atoms with E-state index in [1.54, 1.807) is 0 Å². The van der Waals surface area contributed by atoms with Crippen LogP contribution in [0.3, 0.4) is 0 Å². The second kappa shape index (κ2) is 10.5. The minimum atomic E-state index is -0.835. The van der Waals surface area contributed by atoms with Gasteiger partial charge in [-0.1, -0.05) is 0 Å². The van der Waals surface area contributed by atoms with Crippen molar-refractivity contribution in [1.29, 1.82) is 0 Å². The van der Waals surface area contributed by atoms with Crippen molar-refractivity contribution >= 4 is 0 Å². The van der Waals surface area contributed by atoms with Crippen molar-refractivity contribution in [1.82, 2.24) is 4.90 Å². The quantitative estimate of drug-likeness (QED) is 0.282. The zero-order chi connectivity index (χ0) is 13.8. The molecule has 0 saturated heterocycles. The summed E-state index contributed by atoms with van der Waals surface area (Å²) in [6.07, 6.45) is 0.994. The summed E-state index contributed by atoms with van der Waals surface area (Å²) in [5.74, 6) is 0. The molecule has 0 aliphatic heterocycles. The van der Waals surface area contributed by atoms with Crippen LogP contribution in [0.1, 0.15) is 12.8 Å². The van der Waals surface area contributed by atoms with Crippen LogP contribution in [-0.4, -0.2) is 54.5 Å². The monoisotopic (exact) mass is 266 g/mol. The molecule has 0 aliphatic carbocycles. The molecule has 0 aromatic heterocycles. The molecule has 0 aliphatic rings. The highest BCUT2D eigenvalue weighted by molar-refractivity contribution is 4.58. The molecule has 0 radical (unpaired) electrons. The maximum atomic E-state index is 9.91. The molecule has 0 unspecified atom stereocenters. The van der Waals surface area contributed by atoms with Gasteiger partial charge < -0.3 is 20.3 Å². The number of nitrogens with two attached hydrogens (primary N) is 1. The van der Waals surface area contributed by atoms with E-state index in [0.29, 0.717) is 39.0 Å². The van der Waals surface area contributed by atoms with Gasteiger partial charge in [-0.25, -0.2) is 0 Å². The number of nitrogens with zero attached hydrogens (tertiary/aromatic N) is 3. The van der Waals surface area contributed by atoms with Crippen LogP contribution in [-0.2, 0) is 9.68 Å². The summed E-state index contributed by atoms with van der Waals surface area (Å²) in [6, 6.07) is 0. The first kappa shape index (κ1) is 16.3. The van der Waals surface area contributed by atoms with Gasteiger partial charge >= 0.3 is 0 Å². The lowest BCUT2D eigenvalue weighted by Crippen LogP contribution is -2.32. The molecule has 0 bridgehead atoms. The van der Waals surface area contributed by atoms with Gasteiger partial charge in [-0.05, 0) is 12.8 Å². The third-order valence-corrected chi connectivity index (χ3v) is 2.08. The zero-order valence-corrected chi connectivity index (χ0v) is 10.0. The maximum absolute atomic E-state index is 9.91. The largest absolute Gasteiger partial charge is 0.329 e. The molecule has 0 aromatic carbocycles. The van der Waals surface area contributed by atoms with E-state index < -0.39 is 10.2 Å². The Morgan fingerprint density at radius 1 is 0.944 bits per heavy atom. The van der Waals surface area contributed by atoms with Crippen LogP contribution >= 0.6 is 0 Å². The minimum absolute atomic E-state index is 0.0273. The van der Waals surface area contributed by atoms with Crippen molar-refractivity contribution in [2.24, 2.45) is 5.73 Å². The van der Waals surface area contributed by atoms with Crippen LogP contribution < -0.4 is 5.73 Å². The minimum Gasteiger partial charge on any atom is -0.329 e. The van der Waals surface area contributed by atoms with Crippen LogP contribution in [0.25, 0.3) is 0 Å². The van der Waals surface area contributed by atoms with Crippen LogP contribution in [0.5, 0.6) is 0 Å². The van der Waals surface area contributed by atoms with E-state index >= 15 is 0 Å². The van der Waals surface area contributed by atoms with Gasteiger partial charge in [0.05, 0.1) is 13.2 Å². The van der Waals surface area contributed by atoms with Crippen molar-refractivity contribution < 1.29 is 19.8 Å². The van der Waals surface area contributed by atoms with Crippen LogP contribution in [0, 0.1) is 20.2 Å². The lowest BCUT2D eigenvalue weighted by Gasteiger charge is -2.20. The van der Waals surface area contributed by atoms with E-state index in [1.807, 2.05) is 4.90 Å². The van der Waals surface area contributed by atoms with Crippen LogP contribution in [0.15, 0.2) is 0 Å². The first-order valence-corrected chi connectivity index (χ1v) is 5.53. The zero-order valence-electron chi connectivity index (χ0n) is 10.0. The predicted octanol–water partition coefficient (Wildman–Crippen LogP) is -0.556. The first-order chi connectivity index (χ1) is 8.56. The van der Waals surface area contributed by atoms with Gasteiger partial charge in [0.1, 0.15) is 0 Å². The van der Waals surface area contributed by atoms with Gasteiger partial charge in [0.25, 0.3) is 10.2 Å². The third kappa shape index (κ3) is 10.8. The third-order valence-electron chi connectivity index (χ3n) is 2.08. The Morgan fingerprint density at radius 2 is 1.39 bits per heavy atom. The van der Waals surface area contributed by atoms with E-state index in [4.69, 9.17) is 5.73 Å². The lowest BCUT2D eigenvalue weighted by atomic mass is 10.3. The van der Waals surface area contributed by atoms with Gasteiger partial charge in [-0.3, -0.25) is 0 Å². The normalized spacial score (nSPS) is 10.3. The molecule has 0 atom stereocenters. The maximum Gasteiger partial charge on any atom is 0.294 e.